The van der Waals surface area contributed by atoms with Crippen LogP contribution in [0.1, 0.15) is 37.8 Å². The summed E-state index contributed by atoms with van der Waals surface area (Å²) in [5.74, 6) is -0.419. The highest BCUT2D eigenvalue weighted by Gasteiger charge is 2.37. The molecule has 0 saturated carbocycles. The minimum atomic E-state index is -0.851. The van der Waals surface area contributed by atoms with Crippen molar-refractivity contribution in [2.45, 2.75) is 33.3 Å². The zero-order valence-electron chi connectivity index (χ0n) is 22.3. The number of hydrogen-bond donors (Lipinski definition) is 1. The first-order chi connectivity index (χ1) is 19.7. The molecule has 11 heteroatoms. The quantitative estimate of drug-likeness (QED) is 0.136. The minimum Gasteiger partial charge on any atom is -0.494 e. The van der Waals surface area contributed by atoms with Gasteiger partial charge in [-0.15, -0.1) is 0 Å². The molecule has 1 heterocycles. The van der Waals surface area contributed by atoms with Gasteiger partial charge in [-0.3, -0.25) is 14.9 Å². The molecule has 4 rings (SSSR count). The highest BCUT2D eigenvalue weighted by atomic mass is 35.5. The standard InChI is InChI=1S/C30H27Cl3N2O6/c1-3-5-12-40-21-9-7-20(8-10-21)35-29(37)22(28(36)34-30(35)38)13-19-15-25(33)27(26(16-19)39-4-2)41-17-18-6-11-23(31)24(32)14-18/h6-11,13-16H,3-5,12,17H2,1-2H3,(H,34,36,38)/b22-13-. The van der Waals surface area contributed by atoms with Crippen LogP contribution in [0.4, 0.5) is 10.5 Å². The van der Waals surface area contributed by atoms with Gasteiger partial charge in [0.05, 0.1) is 34.0 Å². The molecular weight excluding hydrogens is 591 g/mol. The van der Waals surface area contributed by atoms with Gasteiger partial charge >= 0.3 is 6.03 Å². The second-order valence-corrected chi connectivity index (χ2v) is 10.2. The third-order valence-corrected chi connectivity index (χ3v) is 6.99. The maximum Gasteiger partial charge on any atom is 0.335 e. The fraction of sp³-hybridized carbons (Fsp3) is 0.233. The van der Waals surface area contributed by atoms with Crippen molar-refractivity contribution in [3.63, 3.8) is 0 Å². The Morgan fingerprint density at radius 3 is 2.29 bits per heavy atom. The highest BCUT2D eigenvalue weighted by Crippen LogP contribution is 2.38. The van der Waals surface area contributed by atoms with E-state index in [2.05, 4.69) is 12.2 Å². The van der Waals surface area contributed by atoms with E-state index in [0.29, 0.717) is 40.3 Å². The minimum absolute atomic E-state index is 0.136. The number of nitrogens with one attached hydrogen (secondary N) is 1. The molecule has 214 valence electrons. The lowest BCUT2D eigenvalue weighted by Crippen LogP contribution is -2.54. The van der Waals surface area contributed by atoms with Crippen LogP contribution in [0.25, 0.3) is 6.08 Å². The van der Waals surface area contributed by atoms with E-state index in [1.165, 1.54) is 12.1 Å². The second kappa shape index (κ2) is 13.8. The number of anilines is 1. The number of carbonyl (C=O) groups is 3. The maximum atomic E-state index is 13.4. The Morgan fingerprint density at radius 2 is 1.61 bits per heavy atom. The van der Waals surface area contributed by atoms with E-state index in [9.17, 15) is 14.4 Å². The molecule has 0 spiro atoms. The Balaban J connectivity index is 1.59. The Labute approximate surface area is 252 Å². The summed E-state index contributed by atoms with van der Waals surface area (Å²) < 4.78 is 17.3. The van der Waals surface area contributed by atoms with Crippen molar-refractivity contribution in [3.05, 3.63) is 86.4 Å². The molecule has 0 aromatic heterocycles. The number of barbiturate groups is 1. The van der Waals surface area contributed by atoms with Crippen molar-refractivity contribution in [1.29, 1.82) is 0 Å². The molecule has 0 aliphatic carbocycles. The summed E-state index contributed by atoms with van der Waals surface area (Å²) in [5, 5.41) is 3.23. The Kier molecular flexibility index (Phi) is 10.2. The van der Waals surface area contributed by atoms with E-state index in [1.807, 2.05) is 0 Å². The zero-order valence-corrected chi connectivity index (χ0v) is 24.6. The van der Waals surface area contributed by atoms with Crippen molar-refractivity contribution in [1.82, 2.24) is 5.32 Å². The number of hydrogen-bond acceptors (Lipinski definition) is 6. The van der Waals surface area contributed by atoms with E-state index in [0.717, 1.165) is 23.3 Å². The smallest absolute Gasteiger partial charge is 0.335 e. The van der Waals surface area contributed by atoms with Crippen LogP contribution in [-0.2, 0) is 16.2 Å². The van der Waals surface area contributed by atoms with Gasteiger partial charge in [-0.2, -0.15) is 0 Å². The molecular formula is C30H27Cl3N2O6. The number of halogens is 3. The zero-order chi connectivity index (χ0) is 29.5. The van der Waals surface area contributed by atoms with Crippen LogP contribution in [0, 0.1) is 0 Å². The largest absolute Gasteiger partial charge is 0.494 e. The van der Waals surface area contributed by atoms with Gasteiger partial charge in [-0.25, -0.2) is 9.69 Å². The van der Waals surface area contributed by atoms with Gasteiger partial charge in [0.15, 0.2) is 11.5 Å². The fourth-order valence-corrected chi connectivity index (χ4v) is 4.54. The number of rotatable bonds is 11. The summed E-state index contributed by atoms with van der Waals surface area (Å²) in [6, 6.07) is 13.9. The van der Waals surface area contributed by atoms with Crippen molar-refractivity contribution >= 4 is 64.4 Å². The first-order valence-electron chi connectivity index (χ1n) is 12.9. The number of benzene rings is 3. The normalized spacial score (nSPS) is 14.3. The van der Waals surface area contributed by atoms with Crippen LogP contribution in [0.3, 0.4) is 0 Å². The van der Waals surface area contributed by atoms with Gasteiger partial charge in [0.2, 0.25) is 0 Å². The molecule has 1 N–H and O–H groups in total. The van der Waals surface area contributed by atoms with Gasteiger partial charge in [0, 0.05) is 0 Å². The lowest BCUT2D eigenvalue weighted by molar-refractivity contribution is -0.122. The van der Waals surface area contributed by atoms with Crippen molar-refractivity contribution in [3.8, 4) is 17.2 Å². The topological polar surface area (TPSA) is 94.2 Å². The molecule has 0 radical (unpaired) electrons. The molecule has 0 bridgehead atoms. The summed E-state index contributed by atoms with van der Waals surface area (Å²) in [6.07, 6.45) is 3.25. The van der Waals surface area contributed by atoms with E-state index in [4.69, 9.17) is 49.0 Å². The molecule has 3 aromatic carbocycles. The Morgan fingerprint density at radius 1 is 0.854 bits per heavy atom. The second-order valence-electron chi connectivity index (χ2n) is 8.95. The van der Waals surface area contributed by atoms with Crippen LogP contribution >= 0.6 is 34.8 Å². The molecule has 8 nitrogen and oxygen atoms in total. The summed E-state index contributed by atoms with van der Waals surface area (Å²) in [7, 11) is 0. The van der Waals surface area contributed by atoms with E-state index in [-0.39, 0.29) is 28.6 Å². The van der Waals surface area contributed by atoms with Crippen molar-refractivity contribution in [2.75, 3.05) is 18.1 Å². The van der Waals surface area contributed by atoms with Gasteiger partial charge < -0.3 is 14.2 Å². The molecule has 0 unspecified atom stereocenters. The number of amides is 4. The molecule has 0 atom stereocenters. The van der Waals surface area contributed by atoms with Crippen LogP contribution in [0.15, 0.2) is 60.2 Å². The molecule has 3 aromatic rings. The number of urea groups is 1. The molecule has 41 heavy (non-hydrogen) atoms. The molecule has 1 fully saturated rings. The average molecular weight is 618 g/mol. The third-order valence-electron chi connectivity index (χ3n) is 5.97. The Bertz CT molecular complexity index is 1490. The number of nitrogens with zero attached hydrogens (tertiary/aromatic N) is 1. The van der Waals surface area contributed by atoms with E-state index < -0.39 is 17.8 Å². The molecule has 1 aliphatic rings. The maximum absolute atomic E-state index is 13.4. The lowest BCUT2D eigenvalue weighted by Gasteiger charge is -2.26. The lowest BCUT2D eigenvalue weighted by atomic mass is 10.1. The first-order valence-corrected chi connectivity index (χ1v) is 14.0. The highest BCUT2D eigenvalue weighted by molar-refractivity contribution is 6.42. The van der Waals surface area contributed by atoms with E-state index in [1.54, 1.807) is 55.5 Å². The first kappa shape index (κ1) is 30.2. The summed E-state index contributed by atoms with van der Waals surface area (Å²) in [4.78, 5) is 39.6. The van der Waals surface area contributed by atoms with Crippen LogP contribution in [0.2, 0.25) is 15.1 Å². The SMILES string of the molecule is CCCCOc1ccc(N2C(=O)NC(=O)/C(=C/c3cc(Cl)c(OCc4ccc(Cl)c(Cl)c4)c(OCC)c3)C2=O)cc1. The molecule has 1 saturated heterocycles. The van der Waals surface area contributed by atoms with Crippen molar-refractivity contribution in [2.24, 2.45) is 0 Å². The van der Waals surface area contributed by atoms with Crippen molar-refractivity contribution < 1.29 is 28.6 Å². The van der Waals surface area contributed by atoms with Crippen LogP contribution < -0.4 is 24.4 Å². The van der Waals surface area contributed by atoms with Gasteiger partial charge in [-0.05, 0) is 79.1 Å². The predicted molar refractivity (Wildman–Crippen MR) is 159 cm³/mol. The van der Waals surface area contributed by atoms with Gasteiger partial charge in [0.25, 0.3) is 11.8 Å². The number of carbonyl (C=O) groups excluding carboxylic acids is 3. The van der Waals surface area contributed by atoms with Crippen LogP contribution in [0.5, 0.6) is 17.2 Å². The summed E-state index contributed by atoms with van der Waals surface area (Å²) in [5.41, 5.74) is 1.19. The van der Waals surface area contributed by atoms with Gasteiger partial charge in [-0.1, -0.05) is 54.2 Å². The molecule has 1 aliphatic heterocycles. The summed E-state index contributed by atoms with van der Waals surface area (Å²) in [6.45, 7) is 4.86. The van der Waals surface area contributed by atoms with E-state index >= 15 is 0 Å². The third kappa shape index (κ3) is 7.33. The van der Waals surface area contributed by atoms with Gasteiger partial charge in [0.1, 0.15) is 17.9 Å². The fourth-order valence-electron chi connectivity index (χ4n) is 3.94. The number of ether oxygens (including phenoxy) is 3. The number of imide groups is 2. The Hall–Kier alpha value is -3.72. The summed E-state index contributed by atoms with van der Waals surface area (Å²) >= 11 is 18.6. The van der Waals surface area contributed by atoms with Crippen LogP contribution in [-0.4, -0.2) is 31.1 Å². The average Bonchev–Trinajstić information content (AvgIpc) is 2.93. The number of unbranched alkanes of at least 4 members (excludes halogenated alkanes) is 1. The monoisotopic (exact) mass is 616 g/mol. The molecule has 4 amide bonds. The predicted octanol–water partition coefficient (Wildman–Crippen LogP) is 7.47.